The molecular weight excluding hydrogens is 668 g/mol. The first-order valence-corrected chi connectivity index (χ1v) is 16.4. The third kappa shape index (κ3) is 13.0. The van der Waals surface area contributed by atoms with Gasteiger partial charge in [-0.2, -0.15) is 0 Å². The lowest BCUT2D eigenvalue weighted by Crippen LogP contribution is -2.43. The Bertz CT molecular complexity index is 1410. The molecule has 3 aromatic rings. The minimum atomic E-state index is -0.535. The van der Waals surface area contributed by atoms with Crippen molar-refractivity contribution < 1.29 is 32.5 Å². The summed E-state index contributed by atoms with van der Waals surface area (Å²) in [5.74, 6) is 0.745. The van der Waals surface area contributed by atoms with E-state index in [-0.39, 0.29) is 36.7 Å². The predicted octanol–water partition coefficient (Wildman–Crippen LogP) is 5.73. The highest BCUT2D eigenvalue weighted by Crippen LogP contribution is 2.49. The summed E-state index contributed by atoms with van der Waals surface area (Å²) in [7, 11) is 5.44. The minimum absolute atomic E-state index is 0.0926. The number of hydrogen-bond donors (Lipinski definition) is 3. The van der Waals surface area contributed by atoms with Crippen LogP contribution < -0.4 is 16.0 Å². The van der Waals surface area contributed by atoms with Gasteiger partial charge >= 0.3 is 6.01 Å². The fourth-order valence-corrected chi connectivity index (χ4v) is 4.63. The van der Waals surface area contributed by atoms with E-state index < -0.39 is 11.6 Å². The number of aryl methyl sites for hydroxylation is 1. The van der Waals surface area contributed by atoms with Gasteiger partial charge in [-0.3, -0.25) is 23.7 Å². The number of hydrogen-bond acceptors (Lipinski definition) is 11. The number of carbonyl (C=O) groups excluding carboxylic acids is 4. The van der Waals surface area contributed by atoms with E-state index in [9.17, 15) is 23.6 Å². The van der Waals surface area contributed by atoms with Gasteiger partial charge in [0.15, 0.2) is 5.69 Å². The number of likely N-dealkylation sites (N-methyl/N-ethyl adjacent to an activating group) is 2. The number of anilines is 1. The molecular formula is C32H48Cl2FN7O6. The largest absolute Gasteiger partial charge is 0.402 e. The smallest absolute Gasteiger partial charge is 0.316 e. The van der Waals surface area contributed by atoms with Crippen LogP contribution in [0.3, 0.4) is 0 Å². The van der Waals surface area contributed by atoms with Gasteiger partial charge in [0.2, 0.25) is 11.8 Å². The summed E-state index contributed by atoms with van der Waals surface area (Å²) in [5, 5.41) is 20.7. The van der Waals surface area contributed by atoms with Crippen molar-refractivity contribution in [3.63, 3.8) is 0 Å². The van der Waals surface area contributed by atoms with E-state index in [2.05, 4.69) is 42.9 Å². The summed E-state index contributed by atoms with van der Waals surface area (Å²) in [6.45, 7) is 7.85. The molecule has 268 valence electrons. The maximum atomic E-state index is 12.3. The van der Waals surface area contributed by atoms with Crippen LogP contribution >= 0.6 is 23.2 Å². The molecule has 0 saturated heterocycles. The minimum Gasteiger partial charge on any atom is -0.402 e. The van der Waals surface area contributed by atoms with Gasteiger partial charge in [-0.25, -0.2) is 0 Å². The van der Waals surface area contributed by atoms with Crippen LogP contribution in [-0.2, 0) is 26.5 Å². The molecule has 4 rings (SSSR count). The second-order valence-electron chi connectivity index (χ2n) is 9.90. The molecule has 1 atom stereocenters. The highest BCUT2D eigenvalue weighted by Gasteiger charge is 2.46. The zero-order valence-electron chi connectivity index (χ0n) is 29.1. The van der Waals surface area contributed by atoms with Crippen LogP contribution in [0.25, 0.3) is 11.6 Å². The van der Waals surface area contributed by atoms with Crippen molar-refractivity contribution in [2.75, 3.05) is 40.0 Å². The molecule has 48 heavy (non-hydrogen) atoms. The highest BCUT2D eigenvalue weighted by molar-refractivity contribution is 6.31. The van der Waals surface area contributed by atoms with Crippen molar-refractivity contribution in [1.82, 2.24) is 30.9 Å². The SMILES string of the molecule is CC.CCC(=O)NC.CCl.CF.CNC(=O)C(CCC=O)N(C)Cc1c(Cl)cc(C2(Nc3nnc(-c4cc(C)on4)o3)CC2)cc1C=O. The van der Waals surface area contributed by atoms with Crippen molar-refractivity contribution >= 4 is 53.6 Å². The average Bonchev–Trinajstić information content (AvgIpc) is 3.53. The van der Waals surface area contributed by atoms with Gasteiger partial charge < -0.3 is 29.7 Å². The number of nitrogens with zero attached hydrogens (tertiary/aromatic N) is 4. The molecule has 1 saturated carbocycles. The molecule has 13 nitrogen and oxygen atoms in total. The molecule has 0 aliphatic heterocycles. The molecule has 3 N–H and O–H groups in total. The maximum Gasteiger partial charge on any atom is 0.316 e. The Morgan fingerprint density at radius 2 is 1.75 bits per heavy atom. The number of benzene rings is 1. The van der Waals surface area contributed by atoms with Gasteiger partial charge in [0.05, 0.1) is 18.8 Å². The average molecular weight is 717 g/mol. The Hall–Kier alpha value is -3.88. The van der Waals surface area contributed by atoms with Gasteiger partial charge in [0.1, 0.15) is 18.3 Å². The lowest BCUT2D eigenvalue weighted by Gasteiger charge is -2.27. The second-order valence-corrected chi connectivity index (χ2v) is 10.3. The monoisotopic (exact) mass is 715 g/mol. The molecule has 1 fully saturated rings. The van der Waals surface area contributed by atoms with Crippen molar-refractivity contribution in [1.29, 1.82) is 0 Å². The third-order valence-corrected chi connectivity index (χ3v) is 7.26. The summed E-state index contributed by atoms with van der Waals surface area (Å²) in [6.07, 6.45) is 5.77. The van der Waals surface area contributed by atoms with E-state index in [0.717, 1.165) is 31.0 Å². The van der Waals surface area contributed by atoms with Gasteiger partial charge in [-0.05, 0) is 56.5 Å². The van der Waals surface area contributed by atoms with E-state index in [1.807, 2.05) is 26.8 Å². The zero-order valence-corrected chi connectivity index (χ0v) is 30.6. The summed E-state index contributed by atoms with van der Waals surface area (Å²) < 4.78 is 20.3. The lowest BCUT2D eigenvalue weighted by atomic mass is 9.97. The van der Waals surface area contributed by atoms with Crippen molar-refractivity contribution in [2.45, 2.75) is 77.9 Å². The first-order chi connectivity index (χ1) is 23.1. The topological polar surface area (TPSA) is 173 Å². The number of aldehydes is 2. The van der Waals surface area contributed by atoms with Crippen LogP contribution in [-0.4, -0.2) is 85.4 Å². The number of halogens is 3. The van der Waals surface area contributed by atoms with Crippen molar-refractivity contribution in [2.24, 2.45) is 0 Å². The van der Waals surface area contributed by atoms with Crippen LogP contribution in [0.1, 0.15) is 80.1 Å². The molecule has 2 heterocycles. The fourth-order valence-electron chi connectivity index (χ4n) is 4.35. The van der Waals surface area contributed by atoms with E-state index in [4.69, 9.17) is 20.5 Å². The molecule has 0 radical (unpaired) electrons. The van der Waals surface area contributed by atoms with Crippen LogP contribution in [0.4, 0.5) is 10.4 Å². The molecule has 0 bridgehead atoms. The van der Waals surface area contributed by atoms with Crippen LogP contribution in [0.2, 0.25) is 5.02 Å². The maximum absolute atomic E-state index is 12.3. The van der Waals surface area contributed by atoms with Crippen molar-refractivity contribution in [3.05, 3.63) is 45.7 Å². The summed E-state index contributed by atoms with van der Waals surface area (Å²) in [4.78, 5) is 47.1. The third-order valence-electron chi connectivity index (χ3n) is 6.92. The second kappa shape index (κ2) is 23.4. The number of alkyl halides is 2. The van der Waals surface area contributed by atoms with Gasteiger partial charge in [0, 0.05) is 56.5 Å². The number of aromatic nitrogens is 3. The van der Waals surface area contributed by atoms with Crippen LogP contribution in [0.15, 0.2) is 27.1 Å². The normalized spacial score (nSPS) is 12.5. The standard InChI is InChI=1S/C24H27ClN6O5.C4H9NO.C2H6.CH3Cl.CH3F/c1-14-9-19(30-36-14)22-28-29-23(35-22)27-24(6-7-24)16-10-15(13-33)17(18(25)11-16)12-31(3)20(5-4-8-32)21(34)26-2;1-3-4(6)5-2;3*1-2/h8-11,13,20H,4-7,12H2,1-3H3,(H,26,34)(H,27,29);3H2,1-2H3,(H,5,6);1-2H3;2*1H3. The van der Waals surface area contributed by atoms with E-state index in [1.165, 1.54) is 6.38 Å². The molecule has 2 amide bonds. The van der Waals surface area contributed by atoms with E-state index in [0.29, 0.717) is 47.6 Å². The number of carbonyl (C=O) groups is 4. The summed E-state index contributed by atoms with van der Waals surface area (Å²) in [5.41, 5.74) is 1.80. The highest BCUT2D eigenvalue weighted by atomic mass is 35.5. The van der Waals surface area contributed by atoms with Crippen LogP contribution in [0.5, 0.6) is 0 Å². The molecule has 1 aliphatic rings. The quantitative estimate of drug-likeness (QED) is 0.146. The Balaban J connectivity index is 0.00000161. The summed E-state index contributed by atoms with van der Waals surface area (Å²) in [6, 6.07) is 4.99. The first kappa shape index (κ1) is 44.1. The zero-order chi connectivity index (χ0) is 36.9. The molecule has 0 spiro atoms. The van der Waals surface area contributed by atoms with Crippen LogP contribution in [0, 0.1) is 6.92 Å². The molecule has 1 aromatic carbocycles. The lowest BCUT2D eigenvalue weighted by molar-refractivity contribution is -0.126. The fraction of sp³-hybridized carbons (Fsp3) is 0.531. The first-order valence-electron chi connectivity index (χ1n) is 15.3. The number of rotatable bonds is 13. The molecule has 16 heteroatoms. The number of amides is 2. The molecule has 1 unspecified atom stereocenters. The van der Waals surface area contributed by atoms with Gasteiger partial charge in [-0.15, -0.1) is 16.7 Å². The summed E-state index contributed by atoms with van der Waals surface area (Å²) >= 11 is 11.3. The Morgan fingerprint density at radius 3 is 2.21 bits per heavy atom. The molecule has 2 aromatic heterocycles. The van der Waals surface area contributed by atoms with E-state index >= 15 is 0 Å². The Kier molecular flexibility index (Phi) is 21.6. The Morgan fingerprint density at radius 1 is 1.10 bits per heavy atom. The number of nitrogens with one attached hydrogen (secondary N) is 3. The van der Waals surface area contributed by atoms with Gasteiger partial charge in [-0.1, -0.05) is 42.6 Å². The molecule has 1 aliphatic carbocycles. The van der Waals surface area contributed by atoms with Gasteiger partial charge in [0.25, 0.3) is 5.89 Å². The van der Waals surface area contributed by atoms with E-state index in [1.54, 1.807) is 45.1 Å². The Labute approximate surface area is 291 Å². The predicted molar refractivity (Wildman–Crippen MR) is 185 cm³/mol. The van der Waals surface area contributed by atoms with Crippen molar-refractivity contribution in [3.8, 4) is 11.6 Å².